The van der Waals surface area contributed by atoms with Crippen LogP contribution in [-0.4, -0.2) is 27.0 Å². The van der Waals surface area contributed by atoms with Crippen LogP contribution >= 0.6 is 0 Å². The van der Waals surface area contributed by atoms with Crippen LogP contribution in [0.25, 0.3) is 11.1 Å². The van der Waals surface area contributed by atoms with Crippen LogP contribution in [0.15, 0.2) is 48.5 Å². The van der Waals surface area contributed by atoms with Crippen molar-refractivity contribution in [1.82, 2.24) is 0 Å². The van der Waals surface area contributed by atoms with E-state index in [2.05, 4.69) is 8.92 Å². The van der Waals surface area contributed by atoms with E-state index in [9.17, 15) is 26.4 Å². The number of esters is 1. The van der Waals surface area contributed by atoms with Gasteiger partial charge in [-0.25, -0.2) is 4.79 Å². The Morgan fingerprint density at radius 3 is 2.21 bits per heavy atom. The fraction of sp³-hybridized carbons (Fsp3) is 0.133. The second kappa shape index (κ2) is 6.52. The Balaban J connectivity index is 2.50. The summed E-state index contributed by atoms with van der Waals surface area (Å²) in [4.78, 5) is 11.9. The zero-order valence-corrected chi connectivity index (χ0v) is 13.0. The zero-order chi connectivity index (χ0) is 18.0. The van der Waals surface area contributed by atoms with Crippen LogP contribution in [0.2, 0.25) is 0 Å². The minimum Gasteiger partial charge on any atom is -0.465 e. The highest BCUT2D eigenvalue weighted by Crippen LogP contribution is 2.31. The number of halogens is 3. The number of hydrogen-bond donors (Lipinski definition) is 0. The molecule has 0 unspecified atom stereocenters. The molecule has 0 saturated heterocycles. The van der Waals surface area contributed by atoms with Gasteiger partial charge in [0.15, 0.2) is 0 Å². The van der Waals surface area contributed by atoms with Crippen molar-refractivity contribution in [2.24, 2.45) is 0 Å². The molecular formula is C15H11F3O5S. The summed E-state index contributed by atoms with van der Waals surface area (Å²) in [5.74, 6) is -1.49. The fourth-order valence-electron chi connectivity index (χ4n) is 1.90. The lowest BCUT2D eigenvalue weighted by molar-refractivity contribution is -0.0500. The Morgan fingerprint density at radius 2 is 1.67 bits per heavy atom. The number of carbonyl (C=O) groups excluding carboxylic acids is 1. The predicted molar refractivity (Wildman–Crippen MR) is 78.8 cm³/mol. The topological polar surface area (TPSA) is 69.7 Å². The molecule has 0 aliphatic rings. The maximum atomic E-state index is 12.4. The van der Waals surface area contributed by atoms with Crippen molar-refractivity contribution < 1.29 is 35.3 Å². The van der Waals surface area contributed by atoms with Gasteiger partial charge in [0, 0.05) is 0 Å². The van der Waals surface area contributed by atoms with Crippen LogP contribution in [0, 0.1) is 0 Å². The number of methoxy groups -OCH3 is 1. The van der Waals surface area contributed by atoms with Crippen LogP contribution in [0.1, 0.15) is 10.4 Å². The Kier molecular flexibility index (Phi) is 4.83. The SMILES string of the molecule is COC(=O)c1cc(OS(=O)(=O)C(F)(F)F)ccc1-c1ccccc1. The van der Waals surface area contributed by atoms with Gasteiger partial charge < -0.3 is 8.92 Å². The molecule has 0 aliphatic carbocycles. The molecule has 0 aliphatic heterocycles. The molecule has 0 saturated carbocycles. The number of alkyl halides is 3. The molecule has 0 fully saturated rings. The Hall–Kier alpha value is -2.55. The van der Waals surface area contributed by atoms with E-state index in [1.54, 1.807) is 30.3 Å². The Bertz CT molecular complexity index is 845. The maximum absolute atomic E-state index is 12.4. The monoisotopic (exact) mass is 360 g/mol. The van der Waals surface area contributed by atoms with Gasteiger partial charge in [-0.2, -0.15) is 21.6 Å². The van der Waals surface area contributed by atoms with E-state index < -0.39 is 27.3 Å². The van der Waals surface area contributed by atoms with Gasteiger partial charge in [0.2, 0.25) is 0 Å². The molecule has 0 aromatic heterocycles. The van der Waals surface area contributed by atoms with Crippen molar-refractivity contribution >= 4 is 16.1 Å². The summed E-state index contributed by atoms with van der Waals surface area (Å²) in [5.41, 5.74) is -4.74. The van der Waals surface area contributed by atoms with Crippen LogP contribution in [0.3, 0.4) is 0 Å². The fourth-order valence-corrected chi connectivity index (χ4v) is 2.35. The molecule has 0 spiro atoms. The smallest absolute Gasteiger partial charge is 0.465 e. The van der Waals surface area contributed by atoms with Gasteiger partial charge in [-0.05, 0) is 29.3 Å². The molecule has 24 heavy (non-hydrogen) atoms. The van der Waals surface area contributed by atoms with E-state index in [-0.39, 0.29) is 5.56 Å². The molecule has 2 aromatic rings. The Morgan fingerprint density at radius 1 is 1.04 bits per heavy atom. The molecule has 2 aromatic carbocycles. The number of benzene rings is 2. The second-order valence-electron chi connectivity index (χ2n) is 4.55. The first-order valence-corrected chi connectivity index (χ1v) is 7.85. The Labute approximate surface area is 135 Å². The van der Waals surface area contributed by atoms with Crippen molar-refractivity contribution in [2.45, 2.75) is 5.51 Å². The van der Waals surface area contributed by atoms with Crippen molar-refractivity contribution in [3.8, 4) is 16.9 Å². The van der Waals surface area contributed by atoms with Crippen LogP contribution < -0.4 is 4.18 Å². The molecular weight excluding hydrogens is 349 g/mol. The number of carbonyl (C=O) groups is 1. The average molecular weight is 360 g/mol. The number of rotatable bonds is 4. The molecule has 0 bridgehead atoms. The standard InChI is InChI=1S/C15H11F3O5S/c1-22-14(19)13-9-11(23-24(20,21)15(16,17)18)7-8-12(13)10-5-3-2-4-6-10/h2-9H,1H3. The normalized spacial score (nSPS) is 11.8. The predicted octanol–water partition coefficient (Wildman–Crippen LogP) is 3.37. The van der Waals surface area contributed by atoms with Gasteiger partial charge in [0.25, 0.3) is 0 Å². The molecule has 128 valence electrons. The van der Waals surface area contributed by atoms with Crippen molar-refractivity contribution in [3.63, 3.8) is 0 Å². The van der Waals surface area contributed by atoms with Gasteiger partial charge >= 0.3 is 21.6 Å². The third-order valence-electron chi connectivity index (χ3n) is 2.97. The van der Waals surface area contributed by atoms with Gasteiger partial charge in [0.05, 0.1) is 12.7 Å². The van der Waals surface area contributed by atoms with Crippen molar-refractivity contribution in [1.29, 1.82) is 0 Å². The van der Waals surface area contributed by atoms with E-state index in [4.69, 9.17) is 0 Å². The summed E-state index contributed by atoms with van der Waals surface area (Å²) in [6.07, 6.45) is 0. The summed E-state index contributed by atoms with van der Waals surface area (Å²) in [7, 11) is -4.74. The second-order valence-corrected chi connectivity index (χ2v) is 6.09. The van der Waals surface area contributed by atoms with Crippen LogP contribution in [0.4, 0.5) is 13.2 Å². The highest BCUT2D eigenvalue weighted by atomic mass is 32.2. The molecule has 5 nitrogen and oxygen atoms in total. The molecule has 2 rings (SSSR count). The summed E-state index contributed by atoms with van der Waals surface area (Å²) in [6.45, 7) is 0. The molecule has 0 radical (unpaired) electrons. The van der Waals surface area contributed by atoms with Crippen LogP contribution in [0.5, 0.6) is 5.75 Å². The summed E-state index contributed by atoms with van der Waals surface area (Å²) < 4.78 is 67.9. The lowest BCUT2D eigenvalue weighted by Gasteiger charge is -2.12. The van der Waals surface area contributed by atoms with Crippen molar-refractivity contribution in [3.05, 3.63) is 54.1 Å². The molecule has 9 heteroatoms. The third-order valence-corrected chi connectivity index (χ3v) is 3.95. The molecule has 0 N–H and O–H groups in total. The largest absolute Gasteiger partial charge is 0.534 e. The number of ether oxygens (including phenoxy) is 1. The minimum absolute atomic E-state index is 0.126. The third kappa shape index (κ3) is 3.67. The van der Waals surface area contributed by atoms with E-state index in [1.165, 1.54) is 6.07 Å². The van der Waals surface area contributed by atoms with Gasteiger partial charge in [-0.15, -0.1) is 0 Å². The quantitative estimate of drug-likeness (QED) is 0.475. The first-order chi connectivity index (χ1) is 11.2. The summed E-state index contributed by atoms with van der Waals surface area (Å²) >= 11 is 0. The highest BCUT2D eigenvalue weighted by Gasteiger charge is 2.48. The molecule has 0 atom stereocenters. The van der Waals surface area contributed by atoms with Gasteiger partial charge in [-0.1, -0.05) is 30.3 Å². The van der Waals surface area contributed by atoms with E-state index >= 15 is 0 Å². The molecule has 0 heterocycles. The van der Waals surface area contributed by atoms with Crippen LogP contribution in [-0.2, 0) is 14.9 Å². The van der Waals surface area contributed by atoms with E-state index in [1.807, 2.05) is 0 Å². The summed E-state index contributed by atoms with van der Waals surface area (Å²) in [5, 5.41) is 0. The van der Waals surface area contributed by atoms with Gasteiger partial charge in [-0.3, -0.25) is 0 Å². The highest BCUT2D eigenvalue weighted by molar-refractivity contribution is 7.88. The first kappa shape index (κ1) is 17.8. The zero-order valence-electron chi connectivity index (χ0n) is 12.2. The van der Waals surface area contributed by atoms with Gasteiger partial charge in [0.1, 0.15) is 5.75 Å². The first-order valence-electron chi connectivity index (χ1n) is 6.44. The lowest BCUT2D eigenvalue weighted by atomic mass is 9.99. The van der Waals surface area contributed by atoms with E-state index in [0.717, 1.165) is 19.2 Å². The van der Waals surface area contributed by atoms with E-state index in [0.29, 0.717) is 11.1 Å². The molecule has 0 amide bonds. The average Bonchev–Trinajstić information content (AvgIpc) is 2.53. The lowest BCUT2D eigenvalue weighted by Crippen LogP contribution is -2.28. The number of hydrogen-bond acceptors (Lipinski definition) is 5. The van der Waals surface area contributed by atoms with Crippen molar-refractivity contribution in [2.75, 3.05) is 7.11 Å². The minimum atomic E-state index is -5.83. The maximum Gasteiger partial charge on any atom is 0.534 e. The summed E-state index contributed by atoms with van der Waals surface area (Å²) in [6, 6.07) is 11.7.